The Labute approximate surface area is 113 Å². The van der Waals surface area contributed by atoms with Crippen LogP contribution in [-0.4, -0.2) is 4.98 Å². The minimum absolute atomic E-state index is 0.321. The minimum Gasteiger partial charge on any atom is -0.489 e. The molecule has 0 spiro atoms. The fraction of sp³-hybridized carbons (Fsp3) is 0.154. The van der Waals surface area contributed by atoms with E-state index in [1.165, 1.54) is 6.07 Å². The highest BCUT2D eigenvalue weighted by Crippen LogP contribution is 2.21. The average molecular weight is 311 g/mol. The minimum atomic E-state index is -0.349. The van der Waals surface area contributed by atoms with Crippen molar-refractivity contribution >= 4 is 15.9 Å². The van der Waals surface area contributed by atoms with Crippen LogP contribution in [0.25, 0.3) is 0 Å². The van der Waals surface area contributed by atoms with E-state index in [0.29, 0.717) is 23.4 Å². The van der Waals surface area contributed by atoms with E-state index in [9.17, 15) is 4.39 Å². The number of hydrogen-bond acceptors (Lipinski definition) is 3. The zero-order chi connectivity index (χ0) is 13.0. The number of nitrogens with zero attached hydrogens (tertiary/aromatic N) is 1. The second-order valence-electron chi connectivity index (χ2n) is 3.68. The first-order chi connectivity index (χ1) is 8.70. The lowest BCUT2D eigenvalue weighted by molar-refractivity contribution is 0.302. The number of nitrogens with two attached hydrogens (primary N) is 1. The van der Waals surface area contributed by atoms with Crippen molar-refractivity contribution in [3.63, 3.8) is 0 Å². The van der Waals surface area contributed by atoms with E-state index >= 15 is 0 Å². The third kappa shape index (κ3) is 3.05. The van der Waals surface area contributed by atoms with Crippen molar-refractivity contribution < 1.29 is 9.13 Å². The Morgan fingerprint density at radius 2 is 2.17 bits per heavy atom. The number of ether oxygens (including phenoxy) is 1. The highest BCUT2D eigenvalue weighted by atomic mass is 79.9. The Hall–Kier alpha value is -1.46. The summed E-state index contributed by atoms with van der Waals surface area (Å²) in [5, 5.41) is 0. The van der Waals surface area contributed by atoms with E-state index < -0.39 is 0 Å². The topological polar surface area (TPSA) is 48.1 Å². The first-order valence-corrected chi connectivity index (χ1v) is 6.20. The number of halogens is 2. The van der Waals surface area contributed by atoms with Gasteiger partial charge >= 0.3 is 0 Å². The molecule has 0 fully saturated rings. The van der Waals surface area contributed by atoms with Crippen molar-refractivity contribution in [3.05, 3.63) is 58.1 Å². The largest absolute Gasteiger partial charge is 0.489 e. The van der Waals surface area contributed by atoms with Gasteiger partial charge in [-0.25, -0.2) is 4.39 Å². The van der Waals surface area contributed by atoms with Crippen LogP contribution in [0, 0.1) is 5.82 Å². The highest BCUT2D eigenvalue weighted by Gasteiger charge is 2.04. The van der Waals surface area contributed by atoms with Crippen molar-refractivity contribution in [1.29, 1.82) is 0 Å². The van der Waals surface area contributed by atoms with Crippen LogP contribution in [0.1, 0.15) is 11.3 Å². The molecule has 2 N–H and O–H groups in total. The zero-order valence-electron chi connectivity index (χ0n) is 9.57. The maximum absolute atomic E-state index is 13.3. The quantitative estimate of drug-likeness (QED) is 0.944. The van der Waals surface area contributed by atoms with Crippen molar-refractivity contribution in [1.82, 2.24) is 4.98 Å². The van der Waals surface area contributed by atoms with E-state index in [-0.39, 0.29) is 5.82 Å². The van der Waals surface area contributed by atoms with Crippen LogP contribution in [0.4, 0.5) is 4.39 Å². The molecule has 0 saturated carbocycles. The molecule has 0 bridgehead atoms. The third-order valence-corrected chi connectivity index (χ3v) is 3.11. The molecule has 0 unspecified atom stereocenters. The summed E-state index contributed by atoms with van der Waals surface area (Å²) in [5.74, 6) is 0.125. The first kappa shape index (κ1) is 13.0. The first-order valence-electron chi connectivity index (χ1n) is 5.41. The molecule has 3 nitrogen and oxygen atoms in total. The SMILES string of the molecule is NCc1ncccc1COc1ccc(Br)c(F)c1. The van der Waals surface area contributed by atoms with Crippen LogP contribution in [0.5, 0.6) is 5.75 Å². The molecule has 1 aromatic heterocycles. The Morgan fingerprint density at radius 3 is 2.89 bits per heavy atom. The molecule has 2 rings (SSSR count). The summed E-state index contributed by atoms with van der Waals surface area (Å²) in [7, 11) is 0. The molecule has 0 aliphatic carbocycles. The van der Waals surface area contributed by atoms with E-state index in [1.54, 1.807) is 18.3 Å². The molecule has 1 aromatic carbocycles. The van der Waals surface area contributed by atoms with E-state index in [2.05, 4.69) is 20.9 Å². The molecule has 1 heterocycles. The summed E-state index contributed by atoms with van der Waals surface area (Å²) >= 11 is 3.09. The van der Waals surface area contributed by atoms with Gasteiger partial charge in [-0.2, -0.15) is 0 Å². The van der Waals surface area contributed by atoms with Gasteiger partial charge in [0.05, 0.1) is 10.2 Å². The monoisotopic (exact) mass is 310 g/mol. The normalized spacial score (nSPS) is 10.4. The highest BCUT2D eigenvalue weighted by molar-refractivity contribution is 9.10. The molecule has 94 valence electrons. The number of pyridine rings is 1. The second kappa shape index (κ2) is 5.93. The Morgan fingerprint density at radius 1 is 1.33 bits per heavy atom. The van der Waals surface area contributed by atoms with Crippen molar-refractivity contribution in [2.75, 3.05) is 0 Å². The Kier molecular flexibility index (Phi) is 4.28. The van der Waals surface area contributed by atoms with Crippen LogP contribution in [0.2, 0.25) is 0 Å². The van der Waals surface area contributed by atoms with Crippen LogP contribution >= 0.6 is 15.9 Å². The number of hydrogen-bond donors (Lipinski definition) is 1. The molecule has 0 aliphatic rings. The molecule has 0 radical (unpaired) electrons. The van der Waals surface area contributed by atoms with Gasteiger partial charge in [0.1, 0.15) is 18.2 Å². The lowest BCUT2D eigenvalue weighted by atomic mass is 10.2. The predicted molar refractivity (Wildman–Crippen MR) is 70.6 cm³/mol. The van der Waals surface area contributed by atoms with Gasteiger partial charge in [-0.3, -0.25) is 4.98 Å². The Bertz CT molecular complexity index is 548. The molecule has 0 saturated heterocycles. The standard InChI is InChI=1S/C13H12BrFN2O/c14-11-4-3-10(6-12(11)15)18-8-9-2-1-5-17-13(9)7-16/h1-6H,7-8,16H2. The van der Waals surface area contributed by atoms with Crippen molar-refractivity contribution in [3.8, 4) is 5.75 Å². The van der Waals surface area contributed by atoms with Crippen LogP contribution in [-0.2, 0) is 13.2 Å². The lowest BCUT2D eigenvalue weighted by Gasteiger charge is -2.09. The average Bonchev–Trinajstić information content (AvgIpc) is 2.40. The van der Waals surface area contributed by atoms with Gasteiger partial charge in [0.2, 0.25) is 0 Å². The van der Waals surface area contributed by atoms with Crippen LogP contribution < -0.4 is 10.5 Å². The van der Waals surface area contributed by atoms with Gasteiger partial charge in [-0.15, -0.1) is 0 Å². The smallest absolute Gasteiger partial charge is 0.141 e. The van der Waals surface area contributed by atoms with Gasteiger partial charge in [-0.1, -0.05) is 6.07 Å². The Balaban J connectivity index is 2.09. The van der Waals surface area contributed by atoms with Crippen LogP contribution in [0.3, 0.4) is 0 Å². The van der Waals surface area contributed by atoms with Gasteiger partial charge in [0.15, 0.2) is 0 Å². The summed E-state index contributed by atoms with van der Waals surface area (Å²) in [6.07, 6.45) is 1.69. The van der Waals surface area contributed by atoms with Gasteiger partial charge in [-0.05, 0) is 34.1 Å². The van der Waals surface area contributed by atoms with Gasteiger partial charge < -0.3 is 10.5 Å². The summed E-state index contributed by atoms with van der Waals surface area (Å²) in [5.41, 5.74) is 7.27. The maximum atomic E-state index is 13.3. The second-order valence-corrected chi connectivity index (χ2v) is 4.53. The molecule has 0 atom stereocenters. The summed E-state index contributed by atoms with van der Waals surface area (Å²) in [6.45, 7) is 0.676. The zero-order valence-corrected chi connectivity index (χ0v) is 11.2. The fourth-order valence-electron chi connectivity index (χ4n) is 1.51. The molecule has 18 heavy (non-hydrogen) atoms. The summed E-state index contributed by atoms with van der Waals surface area (Å²) in [6, 6.07) is 8.36. The number of benzene rings is 1. The molecule has 0 amide bonds. The molecular weight excluding hydrogens is 299 g/mol. The molecule has 5 heteroatoms. The van der Waals surface area contributed by atoms with Crippen LogP contribution in [0.15, 0.2) is 41.0 Å². The summed E-state index contributed by atoms with van der Waals surface area (Å²) in [4.78, 5) is 4.15. The summed E-state index contributed by atoms with van der Waals surface area (Å²) < 4.78 is 19.2. The van der Waals surface area contributed by atoms with E-state index in [0.717, 1.165) is 11.3 Å². The van der Waals surface area contributed by atoms with Gasteiger partial charge in [0.25, 0.3) is 0 Å². The van der Waals surface area contributed by atoms with E-state index in [4.69, 9.17) is 10.5 Å². The van der Waals surface area contributed by atoms with Crippen molar-refractivity contribution in [2.24, 2.45) is 5.73 Å². The van der Waals surface area contributed by atoms with Crippen molar-refractivity contribution in [2.45, 2.75) is 13.2 Å². The maximum Gasteiger partial charge on any atom is 0.141 e. The molecule has 2 aromatic rings. The fourth-order valence-corrected chi connectivity index (χ4v) is 1.76. The van der Waals surface area contributed by atoms with E-state index in [1.807, 2.05) is 12.1 Å². The van der Waals surface area contributed by atoms with Gasteiger partial charge in [0, 0.05) is 24.4 Å². The third-order valence-electron chi connectivity index (χ3n) is 2.46. The molecule has 0 aliphatic heterocycles. The lowest BCUT2D eigenvalue weighted by Crippen LogP contribution is -2.06. The number of rotatable bonds is 4. The number of aromatic nitrogens is 1. The predicted octanol–water partition coefficient (Wildman–Crippen LogP) is 3.02. The molecular formula is C13H12BrFN2O.